The average molecular weight is 435 g/mol. The maximum absolute atomic E-state index is 10.3. The van der Waals surface area contributed by atoms with E-state index >= 15 is 0 Å². The highest BCUT2D eigenvalue weighted by molar-refractivity contribution is 6.14. The van der Waals surface area contributed by atoms with E-state index in [4.69, 9.17) is 4.98 Å². The van der Waals surface area contributed by atoms with Gasteiger partial charge in [0.15, 0.2) is 0 Å². The molecule has 0 radical (unpaired) electrons. The quantitative estimate of drug-likeness (QED) is 0.295. The number of rotatable bonds is 2. The van der Waals surface area contributed by atoms with Gasteiger partial charge in [0.25, 0.3) is 0 Å². The molecule has 0 atom stereocenters. The molecule has 0 aliphatic rings. The molecular weight excluding hydrogens is 416 g/mol. The van der Waals surface area contributed by atoms with Gasteiger partial charge < -0.3 is 9.97 Å². The first kappa shape index (κ1) is 18.7. The number of aromatic amines is 2. The van der Waals surface area contributed by atoms with Gasteiger partial charge in [-0.05, 0) is 18.2 Å². The fourth-order valence-corrected chi connectivity index (χ4v) is 5.17. The summed E-state index contributed by atoms with van der Waals surface area (Å²) in [4.78, 5) is 11.8. The number of benzene rings is 4. The molecule has 0 saturated carbocycles. The number of nitrogens with one attached hydrogen (secondary N) is 2. The number of hydrogen-bond acceptors (Lipinski definition) is 2. The molecule has 0 bridgehead atoms. The van der Waals surface area contributed by atoms with Crippen molar-refractivity contribution >= 4 is 43.6 Å². The predicted molar refractivity (Wildman–Crippen MR) is 139 cm³/mol. The van der Waals surface area contributed by atoms with Crippen LogP contribution < -0.4 is 0 Å². The number of H-pyrrole nitrogens is 2. The van der Waals surface area contributed by atoms with Gasteiger partial charge in [-0.3, -0.25) is 4.98 Å². The first-order valence-electron chi connectivity index (χ1n) is 11.2. The van der Waals surface area contributed by atoms with E-state index in [1.54, 1.807) is 6.20 Å². The van der Waals surface area contributed by atoms with Gasteiger partial charge in [0, 0.05) is 55.5 Å². The van der Waals surface area contributed by atoms with Crippen LogP contribution >= 0.6 is 0 Å². The molecule has 3 heterocycles. The number of hydrogen-bond donors (Lipinski definition) is 2. The molecule has 0 amide bonds. The second-order valence-electron chi connectivity index (χ2n) is 8.49. The van der Waals surface area contributed by atoms with Crippen LogP contribution in [0.5, 0.6) is 0 Å². The van der Waals surface area contributed by atoms with Crippen LogP contribution in [-0.4, -0.2) is 15.0 Å². The van der Waals surface area contributed by atoms with Crippen LogP contribution in [-0.2, 0) is 0 Å². The minimum absolute atomic E-state index is 0.569. The molecule has 0 saturated heterocycles. The Balaban J connectivity index is 1.53. The number of fused-ring (bicyclic) bond motifs is 6. The Bertz CT molecular complexity index is 1800. The molecule has 7 aromatic rings. The lowest BCUT2D eigenvalue weighted by molar-refractivity contribution is 1.30. The van der Waals surface area contributed by atoms with Crippen molar-refractivity contribution in [3.8, 4) is 28.5 Å². The third-order valence-corrected chi connectivity index (χ3v) is 6.69. The molecule has 2 N–H and O–H groups in total. The fraction of sp³-hybridized carbons (Fsp3) is 0. The van der Waals surface area contributed by atoms with Crippen molar-refractivity contribution in [1.29, 1.82) is 5.26 Å². The molecule has 0 aliphatic heterocycles. The third kappa shape index (κ3) is 2.55. The van der Waals surface area contributed by atoms with Gasteiger partial charge in [-0.1, -0.05) is 72.8 Å². The summed E-state index contributed by atoms with van der Waals surface area (Å²) >= 11 is 0. The molecule has 4 heteroatoms. The van der Waals surface area contributed by atoms with Crippen LogP contribution in [0.4, 0.5) is 0 Å². The SMILES string of the molecule is N#Cc1c(-c2cccc3c2[nH]c2ccccc23)ccnc1-c1cccc2c1[nH]c1ccccc12. The van der Waals surface area contributed by atoms with Crippen molar-refractivity contribution < 1.29 is 0 Å². The zero-order valence-corrected chi connectivity index (χ0v) is 18.1. The Morgan fingerprint density at radius 2 is 1.12 bits per heavy atom. The number of nitrogens with zero attached hydrogens (tertiary/aromatic N) is 2. The van der Waals surface area contributed by atoms with E-state index < -0.39 is 0 Å². The highest BCUT2D eigenvalue weighted by atomic mass is 14.7. The maximum atomic E-state index is 10.3. The van der Waals surface area contributed by atoms with Gasteiger partial charge >= 0.3 is 0 Å². The normalized spacial score (nSPS) is 11.5. The van der Waals surface area contributed by atoms with E-state index in [9.17, 15) is 5.26 Å². The molecule has 7 rings (SSSR count). The van der Waals surface area contributed by atoms with Crippen molar-refractivity contribution in [2.45, 2.75) is 0 Å². The van der Waals surface area contributed by atoms with Gasteiger partial charge in [0.1, 0.15) is 6.07 Å². The molecule has 0 aliphatic carbocycles. The first-order chi connectivity index (χ1) is 16.8. The van der Waals surface area contributed by atoms with Crippen molar-refractivity contribution in [1.82, 2.24) is 15.0 Å². The van der Waals surface area contributed by atoms with Crippen molar-refractivity contribution in [2.24, 2.45) is 0 Å². The molecule has 4 nitrogen and oxygen atoms in total. The number of para-hydroxylation sites is 4. The monoisotopic (exact) mass is 434 g/mol. The first-order valence-corrected chi connectivity index (χ1v) is 11.2. The Hall–Kier alpha value is -4.88. The second-order valence-corrected chi connectivity index (χ2v) is 8.49. The van der Waals surface area contributed by atoms with Crippen LogP contribution in [0.25, 0.3) is 66.0 Å². The summed E-state index contributed by atoms with van der Waals surface area (Å²) in [5.74, 6) is 0. The lowest BCUT2D eigenvalue weighted by Gasteiger charge is -2.11. The summed E-state index contributed by atoms with van der Waals surface area (Å²) in [6.45, 7) is 0. The number of pyridine rings is 1. The molecule has 0 unspecified atom stereocenters. The molecule has 0 spiro atoms. The van der Waals surface area contributed by atoms with Gasteiger partial charge in [0.05, 0.1) is 22.3 Å². The van der Waals surface area contributed by atoms with Crippen LogP contribution in [0, 0.1) is 11.3 Å². The van der Waals surface area contributed by atoms with Gasteiger partial charge in [-0.15, -0.1) is 0 Å². The van der Waals surface area contributed by atoms with Gasteiger partial charge in [-0.25, -0.2) is 0 Å². The number of aromatic nitrogens is 3. The smallest absolute Gasteiger partial charge is 0.102 e. The summed E-state index contributed by atoms with van der Waals surface area (Å²) in [5.41, 5.74) is 8.23. The largest absolute Gasteiger partial charge is 0.354 e. The van der Waals surface area contributed by atoms with E-state index in [1.807, 2.05) is 36.4 Å². The van der Waals surface area contributed by atoms with Crippen LogP contribution in [0.3, 0.4) is 0 Å². The molecular formula is C30H18N4. The van der Waals surface area contributed by atoms with Gasteiger partial charge in [-0.2, -0.15) is 5.26 Å². The van der Waals surface area contributed by atoms with Crippen molar-refractivity contribution in [3.63, 3.8) is 0 Å². The molecule has 4 aromatic carbocycles. The number of nitriles is 1. The fourth-order valence-electron chi connectivity index (χ4n) is 5.17. The summed E-state index contributed by atoms with van der Waals surface area (Å²) in [6, 6.07) is 33.4. The Kier molecular flexibility index (Phi) is 3.88. The summed E-state index contributed by atoms with van der Waals surface area (Å²) in [5, 5.41) is 14.9. The second kappa shape index (κ2) is 7.06. The summed E-state index contributed by atoms with van der Waals surface area (Å²) < 4.78 is 0. The van der Waals surface area contributed by atoms with Crippen molar-refractivity contribution in [3.05, 3.63) is 103 Å². The highest BCUT2D eigenvalue weighted by Crippen LogP contribution is 2.39. The van der Waals surface area contributed by atoms with Gasteiger partial charge in [0.2, 0.25) is 0 Å². The minimum atomic E-state index is 0.569. The minimum Gasteiger partial charge on any atom is -0.354 e. The summed E-state index contributed by atoms with van der Waals surface area (Å²) in [6.07, 6.45) is 1.80. The summed E-state index contributed by atoms with van der Waals surface area (Å²) in [7, 11) is 0. The Morgan fingerprint density at radius 3 is 1.76 bits per heavy atom. The Labute approximate surface area is 195 Å². The molecule has 3 aromatic heterocycles. The lowest BCUT2D eigenvalue weighted by atomic mass is 9.94. The van der Waals surface area contributed by atoms with Crippen LogP contribution in [0.15, 0.2) is 97.2 Å². The maximum Gasteiger partial charge on any atom is 0.102 e. The standard InChI is InChI=1S/C30H18N4/c31-17-25-18(21-9-5-10-22-19-7-1-3-13-26(19)33-29(21)22)15-16-32-28(25)24-12-6-11-23-20-8-2-4-14-27(20)34-30(23)24/h1-16,33-34H. The van der Waals surface area contributed by atoms with Crippen LogP contribution in [0.1, 0.15) is 5.56 Å². The van der Waals surface area contributed by atoms with E-state index in [0.717, 1.165) is 54.9 Å². The lowest BCUT2D eigenvalue weighted by Crippen LogP contribution is -1.94. The van der Waals surface area contributed by atoms with E-state index in [2.05, 4.69) is 70.6 Å². The van der Waals surface area contributed by atoms with E-state index in [1.165, 1.54) is 5.39 Å². The zero-order chi connectivity index (χ0) is 22.6. The predicted octanol–water partition coefficient (Wildman–Crippen LogP) is 7.56. The highest BCUT2D eigenvalue weighted by Gasteiger charge is 2.19. The molecule has 158 valence electrons. The molecule has 0 fully saturated rings. The topological polar surface area (TPSA) is 68.3 Å². The van der Waals surface area contributed by atoms with Crippen molar-refractivity contribution in [2.75, 3.05) is 0 Å². The zero-order valence-electron chi connectivity index (χ0n) is 18.1. The molecule has 34 heavy (non-hydrogen) atoms. The van der Waals surface area contributed by atoms with Crippen LogP contribution in [0.2, 0.25) is 0 Å². The average Bonchev–Trinajstić information content (AvgIpc) is 3.46. The third-order valence-electron chi connectivity index (χ3n) is 6.69. The Morgan fingerprint density at radius 1 is 0.559 bits per heavy atom. The van der Waals surface area contributed by atoms with E-state index in [0.29, 0.717) is 11.3 Å². The van der Waals surface area contributed by atoms with E-state index in [-0.39, 0.29) is 0 Å².